The molecular formula is C17H22N2O5S. The number of esters is 1. The molecule has 0 saturated heterocycles. The van der Waals surface area contributed by atoms with Crippen molar-refractivity contribution in [3.63, 3.8) is 0 Å². The van der Waals surface area contributed by atoms with Gasteiger partial charge in [-0.15, -0.1) is 0 Å². The molecule has 0 fully saturated rings. The van der Waals surface area contributed by atoms with Crippen molar-refractivity contribution in [2.24, 2.45) is 7.05 Å². The van der Waals surface area contributed by atoms with Gasteiger partial charge in [-0.05, 0) is 30.3 Å². The molecule has 2 aromatic rings. The number of hydrogen-bond acceptors (Lipinski definition) is 5. The van der Waals surface area contributed by atoms with Gasteiger partial charge in [-0.2, -0.15) is 4.31 Å². The van der Waals surface area contributed by atoms with Crippen molar-refractivity contribution in [2.75, 3.05) is 20.2 Å². The number of aromatic nitrogens is 1. The molecule has 0 unspecified atom stereocenters. The van der Waals surface area contributed by atoms with Crippen LogP contribution in [0.4, 0.5) is 0 Å². The molecule has 7 nitrogen and oxygen atoms in total. The molecule has 0 aliphatic carbocycles. The number of carbonyl (C=O) groups is 1. The molecule has 0 spiro atoms. The van der Waals surface area contributed by atoms with E-state index in [1.807, 2.05) is 0 Å². The second kappa shape index (κ2) is 7.71. The topological polar surface area (TPSA) is 77.8 Å². The standard InChI is InChI=1S/C17H22N2O5S/c1-5-19(6-2)25(21,22)15-11-16(18(3)12-15)17(20)24-14-9-7-13(23-4)8-10-14/h7-12H,5-6H2,1-4H3. The lowest BCUT2D eigenvalue weighted by Crippen LogP contribution is -2.30. The molecular weight excluding hydrogens is 344 g/mol. The number of benzene rings is 1. The Hall–Kier alpha value is -2.32. The zero-order chi connectivity index (χ0) is 18.6. The minimum Gasteiger partial charge on any atom is -0.497 e. The molecule has 0 aliphatic rings. The van der Waals surface area contributed by atoms with E-state index in [0.717, 1.165) is 0 Å². The van der Waals surface area contributed by atoms with Crippen LogP contribution >= 0.6 is 0 Å². The maximum Gasteiger partial charge on any atom is 0.360 e. The molecule has 2 rings (SSSR count). The average Bonchev–Trinajstić information content (AvgIpc) is 2.99. The second-order valence-corrected chi connectivity index (χ2v) is 7.26. The highest BCUT2D eigenvalue weighted by Gasteiger charge is 2.26. The number of hydrogen-bond donors (Lipinski definition) is 0. The van der Waals surface area contributed by atoms with Gasteiger partial charge in [0.05, 0.1) is 7.11 Å². The summed E-state index contributed by atoms with van der Waals surface area (Å²) in [4.78, 5) is 12.4. The van der Waals surface area contributed by atoms with Crippen LogP contribution in [-0.2, 0) is 17.1 Å². The SMILES string of the molecule is CCN(CC)S(=O)(=O)c1cc(C(=O)Oc2ccc(OC)cc2)n(C)c1. The van der Waals surface area contributed by atoms with Crippen molar-refractivity contribution < 1.29 is 22.7 Å². The third-order valence-corrected chi connectivity index (χ3v) is 5.82. The second-order valence-electron chi connectivity index (χ2n) is 5.33. The minimum absolute atomic E-state index is 0.0698. The van der Waals surface area contributed by atoms with Gasteiger partial charge in [-0.3, -0.25) is 0 Å². The molecule has 1 aromatic carbocycles. The Morgan fingerprint density at radius 3 is 2.20 bits per heavy atom. The molecule has 0 radical (unpaired) electrons. The minimum atomic E-state index is -3.63. The van der Waals surface area contributed by atoms with E-state index in [4.69, 9.17) is 9.47 Å². The van der Waals surface area contributed by atoms with Crippen LogP contribution in [0, 0.1) is 0 Å². The normalized spacial score (nSPS) is 11.6. The number of nitrogens with zero attached hydrogens (tertiary/aromatic N) is 2. The van der Waals surface area contributed by atoms with Gasteiger partial charge in [-0.25, -0.2) is 13.2 Å². The van der Waals surface area contributed by atoms with Gasteiger partial charge in [0.15, 0.2) is 0 Å². The predicted octanol–water partition coefficient (Wildman–Crippen LogP) is 2.28. The van der Waals surface area contributed by atoms with E-state index in [9.17, 15) is 13.2 Å². The first-order chi connectivity index (χ1) is 11.8. The molecule has 136 valence electrons. The Labute approximate surface area is 147 Å². The van der Waals surface area contributed by atoms with Gasteiger partial charge in [0.2, 0.25) is 10.0 Å². The summed E-state index contributed by atoms with van der Waals surface area (Å²) in [5.74, 6) is 0.361. The van der Waals surface area contributed by atoms with Crippen LogP contribution in [-0.4, -0.2) is 43.5 Å². The fourth-order valence-electron chi connectivity index (χ4n) is 2.39. The van der Waals surface area contributed by atoms with Gasteiger partial charge in [0.25, 0.3) is 0 Å². The largest absolute Gasteiger partial charge is 0.497 e. The zero-order valence-corrected chi connectivity index (χ0v) is 15.5. The number of methoxy groups -OCH3 is 1. The Bertz CT molecular complexity index is 836. The third-order valence-electron chi connectivity index (χ3n) is 3.80. The van der Waals surface area contributed by atoms with Crippen LogP contribution in [0.2, 0.25) is 0 Å². The first-order valence-corrected chi connectivity index (χ1v) is 9.30. The Kier molecular flexibility index (Phi) is 5.86. The van der Waals surface area contributed by atoms with Crippen molar-refractivity contribution in [3.8, 4) is 11.5 Å². The van der Waals surface area contributed by atoms with Crippen LogP contribution in [0.25, 0.3) is 0 Å². The molecule has 1 heterocycles. The molecule has 0 N–H and O–H groups in total. The summed E-state index contributed by atoms with van der Waals surface area (Å²) in [6, 6.07) is 7.88. The van der Waals surface area contributed by atoms with Crippen molar-refractivity contribution in [1.29, 1.82) is 0 Å². The summed E-state index contributed by atoms with van der Waals surface area (Å²) in [5, 5.41) is 0. The number of aryl methyl sites for hydroxylation is 1. The predicted molar refractivity (Wildman–Crippen MR) is 93.5 cm³/mol. The highest BCUT2D eigenvalue weighted by Crippen LogP contribution is 2.21. The van der Waals surface area contributed by atoms with Crippen LogP contribution < -0.4 is 9.47 Å². The Balaban J connectivity index is 2.25. The Morgan fingerprint density at radius 1 is 1.12 bits per heavy atom. The summed E-state index contributed by atoms with van der Waals surface area (Å²) < 4.78 is 38.2. The Morgan fingerprint density at radius 2 is 1.68 bits per heavy atom. The summed E-state index contributed by atoms with van der Waals surface area (Å²) in [7, 11) is -0.483. The van der Waals surface area contributed by atoms with E-state index in [2.05, 4.69) is 0 Å². The van der Waals surface area contributed by atoms with E-state index in [-0.39, 0.29) is 10.6 Å². The first-order valence-electron chi connectivity index (χ1n) is 7.86. The van der Waals surface area contributed by atoms with E-state index in [0.29, 0.717) is 24.6 Å². The maximum atomic E-state index is 12.6. The lowest BCUT2D eigenvalue weighted by Gasteiger charge is -2.17. The molecule has 8 heteroatoms. The number of rotatable bonds is 7. The van der Waals surface area contributed by atoms with Crippen molar-refractivity contribution in [1.82, 2.24) is 8.87 Å². The smallest absolute Gasteiger partial charge is 0.360 e. The lowest BCUT2D eigenvalue weighted by molar-refractivity contribution is 0.0724. The molecule has 0 amide bonds. The van der Waals surface area contributed by atoms with Gasteiger partial charge in [0.1, 0.15) is 22.1 Å². The monoisotopic (exact) mass is 366 g/mol. The van der Waals surface area contributed by atoms with Crippen molar-refractivity contribution >= 4 is 16.0 Å². The third kappa shape index (κ3) is 4.02. The van der Waals surface area contributed by atoms with Gasteiger partial charge < -0.3 is 14.0 Å². The summed E-state index contributed by atoms with van der Waals surface area (Å²) in [6.45, 7) is 4.25. The fourth-order valence-corrected chi connectivity index (χ4v) is 3.92. The number of sulfonamides is 1. The van der Waals surface area contributed by atoms with E-state index >= 15 is 0 Å². The van der Waals surface area contributed by atoms with Crippen LogP contribution in [0.15, 0.2) is 41.4 Å². The highest BCUT2D eigenvalue weighted by atomic mass is 32.2. The summed E-state index contributed by atoms with van der Waals surface area (Å²) in [5.41, 5.74) is 0.154. The highest BCUT2D eigenvalue weighted by molar-refractivity contribution is 7.89. The van der Waals surface area contributed by atoms with Crippen LogP contribution in [0.3, 0.4) is 0 Å². The average molecular weight is 366 g/mol. The van der Waals surface area contributed by atoms with Crippen molar-refractivity contribution in [2.45, 2.75) is 18.7 Å². The number of carbonyl (C=O) groups excluding carboxylic acids is 1. The molecule has 0 saturated carbocycles. The van der Waals surface area contributed by atoms with Crippen molar-refractivity contribution in [3.05, 3.63) is 42.2 Å². The van der Waals surface area contributed by atoms with E-state index in [1.165, 1.54) is 21.1 Å². The fraction of sp³-hybridized carbons (Fsp3) is 0.353. The van der Waals surface area contributed by atoms with E-state index < -0.39 is 16.0 Å². The van der Waals surface area contributed by atoms with Crippen LogP contribution in [0.1, 0.15) is 24.3 Å². The number of ether oxygens (including phenoxy) is 2. The molecule has 0 aliphatic heterocycles. The molecule has 25 heavy (non-hydrogen) atoms. The van der Waals surface area contributed by atoms with E-state index in [1.54, 1.807) is 52.3 Å². The summed E-state index contributed by atoms with van der Waals surface area (Å²) >= 11 is 0. The quantitative estimate of drug-likeness (QED) is 0.555. The van der Waals surface area contributed by atoms with Gasteiger partial charge in [0, 0.05) is 26.3 Å². The molecule has 0 atom stereocenters. The molecule has 0 bridgehead atoms. The zero-order valence-electron chi connectivity index (χ0n) is 14.7. The van der Waals surface area contributed by atoms with Gasteiger partial charge in [-0.1, -0.05) is 13.8 Å². The lowest BCUT2D eigenvalue weighted by atomic mass is 10.3. The molecule has 1 aromatic heterocycles. The van der Waals surface area contributed by atoms with Crippen LogP contribution in [0.5, 0.6) is 11.5 Å². The first kappa shape index (κ1) is 19.0. The maximum absolute atomic E-state index is 12.6. The van der Waals surface area contributed by atoms with Gasteiger partial charge >= 0.3 is 5.97 Å². The summed E-state index contributed by atoms with van der Waals surface area (Å²) in [6.07, 6.45) is 1.41.